The summed E-state index contributed by atoms with van der Waals surface area (Å²) < 4.78 is 25.7. The SMILES string of the molecule is CS(=O)(=O)NCCNc1cncc(-n2cccn2)n1. The summed E-state index contributed by atoms with van der Waals surface area (Å²) >= 11 is 0. The molecular formula is C10H14N6O2S. The van der Waals surface area contributed by atoms with E-state index in [1.165, 1.54) is 0 Å². The Morgan fingerprint density at radius 1 is 1.32 bits per heavy atom. The molecule has 0 saturated carbocycles. The molecule has 0 bridgehead atoms. The van der Waals surface area contributed by atoms with Gasteiger partial charge in [0.1, 0.15) is 5.82 Å². The van der Waals surface area contributed by atoms with Gasteiger partial charge in [-0.2, -0.15) is 5.10 Å². The zero-order chi connectivity index (χ0) is 13.7. The number of anilines is 1. The first-order chi connectivity index (χ1) is 9.04. The van der Waals surface area contributed by atoms with Crippen LogP contribution in [-0.4, -0.2) is 47.5 Å². The highest BCUT2D eigenvalue weighted by Gasteiger charge is 2.02. The van der Waals surface area contributed by atoms with E-state index in [0.717, 1.165) is 6.26 Å². The summed E-state index contributed by atoms with van der Waals surface area (Å²) in [7, 11) is -3.16. The molecule has 2 aromatic heterocycles. The predicted octanol–water partition coefficient (Wildman–Crippen LogP) is -0.377. The van der Waals surface area contributed by atoms with Crippen molar-refractivity contribution in [1.29, 1.82) is 0 Å². The van der Waals surface area contributed by atoms with Crippen molar-refractivity contribution in [1.82, 2.24) is 24.5 Å². The molecule has 0 aromatic carbocycles. The van der Waals surface area contributed by atoms with E-state index in [-0.39, 0.29) is 6.54 Å². The Hall–Kier alpha value is -2.00. The van der Waals surface area contributed by atoms with Crippen LogP contribution in [0.1, 0.15) is 0 Å². The van der Waals surface area contributed by atoms with Gasteiger partial charge in [0, 0.05) is 25.5 Å². The van der Waals surface area contributed by atoms with Gasteiger partial charge in [-0.25, -0.2) is 22.8 Å². The normalized spacial score (nSPS) is 11.4. The van der Waals surface area contributed by atoms with E-state index in [4.69, 9.17) is 0 Å². The topological polar surface area (TPSA) is 102 Å². The molecule has 0 aliphatic heterocycles. The molecule has 0 fully saturated rings. The van der Waals surface area contributed by atoms with E-state index in [9.17, 15) is 8.42 Å². The Balaban J connectivity index is 1.93. The fraction of sp³-hybridized carbons (Fsp3) is 0.300. The lowest BCUT2D eigenvalue weighted by Crippen LogP contribution is -2.27. The fourth-order valence-electron chi connectivity index (χ4n) is 1.38. The molecule has 0 unspecified atom stereocenters. The van der Waals surface area contributed by atoms with Gasteiger partial charge in [-0.15, -0.1) is 0 Å². The summed E-state index contributed by atoms with van der Waals surface area (Å²) in [5, 5.41) is 7.03. The van der Waals surface area contributed by atoms with Crippen LogP contribution < -0.4 is 10.0 Å². The van der Waals surface area contributed by atoms with Crippen LogP contribution in [0, 0.1) is 0 Å². The molecule has 8 nitrogen and oxygen atoms in total. The van der Waals surface area contributed by atoms with Gasteiger partial charge < -0.3 is 5.32 Å². The Morgan fingerprint density at radius 3 is 2.84 bits per heavy atom. The molecule has 0 spiro atoms. The van der Waals surface area contributed by atoms with Crippen molar-refractivity contribution < 1.29 is 8.42 Å². The summed E-state index contributed by atoms with van der Waals surface area (Å²) in [6.07, 6.45) is 7.68. The largest absolute Gasteiger partial charge is 0.367 e. The van der Waals surface area contributed by atoms with Gasteiger partial charge in [0.05, 0.1) is 18.6 Å². The Kier molecular flexibility index (Phi) is 4.07. The third-order valence-corrected chi connectivity index (χ3v) is 2.88. The van der Waals surface area contributed by atoms with Crippen molar-refractivity contribution in [3.8, 4) is 5.82 Å². The molecule has 2 heterocycles. The second kappa shape index (κ2) is 5.76. The van der Waals surface area contributed by atoms with Crippen LogP contribution in [0.15, 0.2) is 30.9 Å². The maximum atomic E-state index is 10.9. The van der Waals surface area contributed by atoms with Gasteiger partial charge in [0.2, 0.25) is 10.0 Å². The number of aromatic nitrogens is 4. The van der Waals surface area contributed by atoms with Gasteiger partial charge in [-0.3, -0.25) is 4.98 Å². The molecule has 9 heteroatoms. The van der Waals surface area contributed by atoms with E-state index in [2.05, 4.69) is 25.1 Å². The lowest BCUT2D eigenvalue weighted by molar-refractivity contribution is 0.589. The van der Waals surface area contributed by atoms with Crippen LogP contribution in [0.5, 0.6) is 0 Å². The van der Waals surface area contributed by atoms with E-state index < -0.39 is 10.0 Å². The van der Waals surface area contributed by atoms with Crippen molar-refractivity contribution in [2.45, 2.75) is 0 Å². The minimum Gasteiger partial charge on any atom is -0.367 e. The number of sulfonamides is 1. The molecule has 102 valence electrons. The average molecular weight is 282 g/mol. The minimum atomic E-state index is -3.16. The second-order valence-electron chi connectivity index (χ2n) is 3.81. The number of hydrogen-bond acceptors (Lipinski definition) is 6. The van der Waals surface area contributed by atoms with Crippen molar-refractivity contribution in [3.05, 3.63) is 30.9 Å². The number of rotatable bonds is 6. The van der Waals surface area contributed by atoms with Crippen LogP contribution in [0.3, 0.4) is 0 Å². The van der Waals surface area contributed by atoms with E-state index in [0.29, 0.717) is 18.2 Å². The zero-order valence-corrected chi connectivity index (χ0v) is 11.1. The lowest BCUT2D eigenvalue weighted by Gasteiger charge is -2.07. The third kappa shape index (κ3) is 4.30. The van der Waals surface area contributed by atoms with E-state index >= 15 is 0 Å². The second-order valence-corrected chi connectivity index (χ2v) is 5.64. The molecule has 0 aliphatic rings. The first-order valence-electron chi connectivity index (χ1n) is 5.55. The van der Waals surface area contributed by atoms with Crippen molar-refractivity contribution in [2.24, 2.45) is 0 Å². The number of nitrogens with one attached hydrogen (secondary N) is 2. The first kappa shape index (κ1) is 13.4. The molecule has 0 atom stereocenters. The molecule has 2 rings (SSSR count). The van der Waals surface area contributed by atoms with Gasteiger partial charge in [-0.1, -0.05) is 0 Å². The standard InChI is InChI=1S/C10H14N6O2S/c1-19(17,18)14-5-4-12-9-7-11-8-10(15-9)16-6-2-3-13-16/h2-3,6-8,14H,4-5H2,1H3,(H,12,15). The van der Waals surface area contributed by atoms with Crippen LogP contribution in [0.2, 0.25) is 0 Å². The summed E-state index contributed by atoms with van der Waals surface area (Å²) in [6, 6.07) is 1.79. The molecular weight excluding hydrogens is 268 g/mol. The third-order valence-electron chi connectivity index (χ3n) is 2.16. The Labute approximate surface area is 110 Å². The maximum absolute atomic E-state index is 10.9. The molecule has 2 N–H and O–H groups in total. The van der Waals surface area contributed by atoms with Crippen molar-refractivity contribution >= 4 is 15.8 Å². The smallest absolute Gasteiger partial charge is 0.208 e. The van der Waals surface area contributed by atoms with Gasteiger partial charge in [0.15, 0.2) is 5.82 Å². The molecule has 0 aliphatic carbocycles. The summed E-state index contributed by atoms with van der Waals surface area (Å²) in [6.45, 7) is 0.705. The Bertz CT molecular complexity index is 625. The quantitative estimate of drug-likeness (QED) is 0.700. The molecule has 0 amide bonds. The van der Waals surface area contributed by atoms with E-state index in [1.54, 1.807) is 35.5 Å². The van der Waals surface area contributed by atoms with E-state index in [1.807, 2.05) is 0 Å². The molecule has 19 heavy (non-hydrogen) atoms. The van der Waals surface area contributed by atoms with Crippen LogP contribution >= 0.6 is 0 Å². The number of hydrogen-bond donors (Lipinski definition) is 2. The van der Waals surface area contributed by atoms with Crippen LogP contribution in [-0.2, 0) is 10.0 Å². The van der Waals surface area contributed by atoms with Crippen LogP contribution in [0.4, 0.5) is 5.82 Å². The van der Waals surface area contributed by atoms with Gasteiger partial charge in [0.25, 0.3) is 0 Å². The summed E-state index contributed by atoms with van der Waals surface area (Å²) in [5.41, 5.74) is 0. The molecule has 2 aromatic rings. The van der Waals surface area contributed by atoms with Gasteiger partial charge >= 0.3 is 0 Å². The summed E-state index contributed by atoms with van der Waals surface area (Å²) in [4.78, 5) is 8.34. The lowest BCUT2D eigenvalue weighted by atomic mass is 10.5. The first-order valence-corrected chi connectivity index (χ1v) is 7.44. The highest BCUT2D eigenvalue weighted by molar-refractivity contribution is 7.88. The Morgan fingerprint density at radius 2 is 2.16 bits per heavy atom. The number of nitrogens with zero attached hydrogens (tertiary/aromatic N) is 4. The predicted molar refractivity (Wildman–Crippen MR) is 70.5 cm³/mol. The summed E-state index contributed by atoms with van der Waals surface area (Å²) in [5.74, 6) is 1.15. The van der Waals surface area contributed by atoms with Crippen LogP contribution in [0.25, 0.3) is 5.82 Å². The fourth-order valence-corrected chi connectivity index (χ4v) is 1.86. The monoisotopic (exact) mass is 282 g/mol. The average Bonchev–Trinajstić information content (AvgIpc) is 2.88. The highest BCUT2D eigenvalue weighted by Crippen LogP contribution is 2.05. The maximum Gasteiger partial charge on any atom is 0.208 e. The van der Waals surface area contributed by atoms with Crippen molar-refractivity contribution in [3.63, 3.8) is 0 Å². The molecule has 0 radical (unpaired) electrons. The minimum absolute atomic E-state index is 0.284. The molecule has 0 saturated heterocycles. The highest BCUT2D eigenvalue weighted by atomic mass is 32.2. The zero-order valence-electron chi connectivity index (χ0n) is 10.3. The van der Waals surface area contributed by atoms with Gasteiger partial charge in [-0.05, 0) is 6.07 Å². The van der Waals surface area contributed by atoms with Crippen molar-refractivity contribution in [2.75, 3.05) is 24.7 Å².